The lowest BCUT2D eigenvalue weighted by Crippen LogP contribution is -2.16. The summed E-state index contributed by atoms with van der Waals surface area (Å²) in [6.07, 6.45) is 0. The van der Waals surface area contributed by atoms with E-state index in [0.29, 0.717) is 20.7 Å². The van der Waals surface area contributed by atoms with Gasteiger partial charge >= 0.3 is 0 Å². The van der Waals surface area contributed by atoms with Gasteiger partial charge in [0, 0.05) is 16.3 Å². The van der Waals surface area contributed by atoms with Crippen LogP contribution < -0.4 is 5.11 Å². The molecule has 0 unspecified atom stereocenters. The Kier molecular flexibility index (Phi) is 3.44. The summed E-state index contributed by atoms with van der Waals surface area (Å²) < 4.78 is 0.559. The van der Waals surface area contributed by atoms with E-state index in [9.17, 15) is 5.11 Å². The van der Waals surface area contributed by atoms with Crippen molar-refractivity contribution in [2.75, 3.05) is 0 Å². The smallest absolute Gasteiger partial charge is 0.204 e. The van der Waals surface area contributed by atoms with Crippen molar-refractivity contribution in [2.24, 2.45) is 4.99 Å². The zero-order valence-corrected chi connectivity index (χ0v) is 11.5. The molecule has 2 heterocycles. The fourth-order valence-corrected chi connectivity index (χ4v) is 2.53. The number of halogens is 1. The highest BCUT2D eigenvalue weighted by Gasteiger charge is 2.03. The zero-order chi connectivity index (χ0) is 13.9. The third kappa shape index (κ3) is 2.68. The Morgan fingerprint density at radius 1 is 1.30 bits per heavy atom. The number of aromatic amines is 1. The maximum absolute atomic E-state index is 12.0. The van der Waals surface area contributed by atoms with Crippen molar-refractivity contribution in [2.45, 2.75) is 0 Å². The van der Waals surface area contributed by atoms with E-state index >= 15 is 0 Å². The van der Waals surface area contributed by atoms with Crippen molar-refractivity contribution in [3.63, 3.8) is 0 Å². The van der Waals surface area contributed by atoms with E-state index in [1.54, 1.807) is 30.3 Å². The van der Waals surface area contributed by atoms with E-state index in [4.69, 9.17) is 11.6 Å². The normalized spacial score (nSPS) is 11.8. The molecule has 20 heavy (non-hydrogen) atoms. The van der Waals surface area contributed by atoms with Crippen molar-refractivity contribution in [3.8, 4) is 11.4 Å². The van der Waals surface area contributed by atoms with Crippen LogP contribution in [0.15, 0.2) is 41.4 Å². The molecule has 0 aliphatic carbocycles. The molecule has 0 radical (unpaired) electrons. The molecule has 3 aromatic rings. The molecule has 0 saturated heterocycles. The van der Waals surface area contributed by atoms with Gasteiger partial charge < -0.3 is 5.11 Å². The molecule has 6 nitrogen and oxygen atoms in total. The molecule has 3 rings (SSSR count). The first-order valence-corrected chi connectivity index (χ1v) is 6.77. The maximum Gasteiger partial charge on any atom is 0.204 e. The topological polar surface area (TPSA) is 89.9 Å². The molecule has 1 aromatic carbocycles. The van der Waals surface area contributed by atoms with Crippen molar-refractivity contribution in [1.82, 2.24) is 20.6 Å². The number of nitrogens with one attached hydrogen (secondary N) is 1. The quantitative estimate of drug-likeness (QED) is 0.592. The summed E-state index contributed by atoms with van der Waals surface area (Å²) in [6.45, 7) is 0. The molecular formula is C12H7ClN5OS-. The minimum atomic E-state index is -0.327. The average Bonchev–Trinajstić information content (AvgIpc) is 3.10. The lowest BCUT2D eigenvalue weighted by atomic mass is 10.2. The third-order valence-corrected chi connectivity index (χ3v) is 3.68. The molecule has 0 amide bonds. The highest BCUT2D eigenvalue weighted by Crippen LogP contribution is 2.24. The molecule has 0 saturated carbocycles. The van der Waals surface area contributed by atoms with E-state index in [-0.39, 0.29) is 5.90 Å². The Bertz CT molecular complexity index is 753. The number of nitrogens with zero attached hydrogens (tertiary/aromatic N) is 4. The summed E-state index contributed by atoms with van der Waals surface area (Å²) in [7, 11) is 0. The number of hydrogen-bond acceptors (Lipinski definition) is 6. The number of rotatable bonds is 3. The summed E-state index contributed by atoms with van der Waals surface area (Å²) in [5.74, 6) is 0.126. The van der Waals surface area contributed by atoms with E-state index < -0.39 is 0 Å². The fourth-order valence-electron chi connectivity index (χ4n) is 1.60. The maximum atomic E-state index is 12.0. The number of aromatic nitrogens is 4. The van der Waals surface area contributed by atoms with Gasteiger partial charge in [0.25, 0.3) is 0 Å². The van der Waals surface area contributed by atoms with Gasteiger partial charge in [0.1, 0.15) is 0 Å². The average molecular weight is 305 g/mol. The van der Waals surface area contributed by atoms with E-state index in [0.717, 1.165) is 5.56 Å². The summed E-state index contributed by atoms with van der Waals surface area (Å²) in [5.41, 5.74) is 1.26. The van der Waals surface area contributed by atoms with Gasteiger partial charge in [-0.05, 0) is 29.5 Å². The van der Waals surface area contributed by atoms with Gasteiger partial charge in [-0.25, -0.2) is 0 Å². The van der Waals surface area contributed by atoms with Crippen molar-refractivity contribution >= 4 is 34.5 Å². The van der Waals surface area contributed by atoms with Gasteiger partial charge in [0.05, 0.1) is 10.0 Å². The van der Waals surface area contributed by atoms with Crippen LogP contribution in [0.3, 0.4) is 0 Å². The molecule has 8 heteroatoms. The predicted molar refractivity (Wildman–Crippen MR) is 75.1 cm³/mol. The SMILES string of the molecule is [O-]C(=Nc1cccc(-c2nn[nH]n2)c1)c1ccc(Cl)s1. The molecule has 0 bridgehead atoms. The van der Waals surface area contributed by atoms with Crippen LogP contribution in [0.5, 0.6) is 0 Å². The zero-order valence-electron chi connectivity index (χ0n) is 9.95. The molecule has 100 valence electrons. The number of thiophene rings is 1. The van der Waals surface area contributed by atoms with Gasteiger partial charge in [-0.1, -0.05) is 23.7 Å². The summed E-state index contributed by atoms with van der Waals surface area (Å²) in [4.78, 5) is 4.54. The lowest BCUT2D eigenvalue weighted by Gasteiger charge is -2.08. The van der Waals surface area contributed by atoms with Crippen molar-refractivity contribution < 1.29 is 5.11 Å². The van der Waals surface area contributed by atoms with Crippen LogP contribution >= 0.6 is 22.9 Å². The number of H-pyrrole nitrogens is 1. The number of benzene rings is 1. The third-order valence-electron chi connectivity index (χ3n) is 2.46. The van der Waals surface area contributed by atoms with Crippen molar-refractivity contribution in [1.29, 1.82) is 0 Å². The second kappa shape index (κ2) is 5.40. The largest absolute Gasteiger partial charge is 0.858 e. The van der Waals surface area contributed by atoms with E-state index in [1.165, 1.54) is 11.3 Å². The first-order valence-electron chi connectivity index (χ1n) is 5.58. The minimum Gasteiger partial charge on any atom is -0.858 e. The van der Waals surface area contributed by atoms with Crippen LogP contribution in [-0.4, -0.2) is 26.5 Å². The van der Waals surface area contributed by atoms with E-state index in [1.807, 2.05) is 6.07 Å². The summed E-state index contributed by atoms with van der Waals surface area (Å²) in [5, 5.41) is 25.6. The summed E-state index contributed by atoms with van der Waals surface area (Å²) in [6, 6.07) is 10.4. The van der Waals surface area contributed by atoms with Crippen molar-refractivity contribution in [3.05, 3.63) is 45.6 Å². The standard InChI is InChI=1S/C12H8ClN5OS/c13-10-5-4-9(20-10)12(19)14-8-3-1-2-7(6-8)11-15-17-18-16-11/h1-6H,(H,14,19)(H,15,16,17,18)/p-1. The lowest BCUT2D eigenvalue weighted by molar-refractivity contribution is -0.212. The second-order valence-corrected chi connectivity index (χ2v) is 5.52. The van der Waals surface area contributed by atoms with Gasteiger partial charge in [0.2, 0.25) is 5.82 Å². The molecule has 1 N–H and O–H groups in total. The molecule has 0 atom stereocenters. The first kappa shape index (κ1) is 12.8. The van der Waals surface area contributed by atoms with Gasteiger partial charge in [0.15, 0.2) is 0 Å². The van der Waals surface area contributed by atoms with Gasteiger partial charge in [-0.3, -0.25) is 4.99 Å². The van der Waals surface area contributed by atoms with Crippen LogP contribution in [0.25, 0.3) is 11.4 Å². The second-order valence-electron chi connectivity index (χ2n) is 3.81. The highest BCUT2D eigenvalue weighted by molar-refractivity contribution is 7.17. The van der Waals surface area contributed by atoms with Crippen LogP contribution in [0.1, 0.15) is 4.88 Å². The minimum absolute atomic E-state index is 0.327. The molecule has 0 aliphatic rings. The molecule has 0 spiro atoms. The Morgan fingerprint density at radius 2 is 2.20 bits per heavy atom. The number of aliphatic imine (C=N–C) groups is 1. The Hall–Kier alpha value is -2.25. The van der Waals surface area contributed by atoms with Crippen LogP contribution in [0.2, 0.25) is 4.34 Å². The molecular weight excluding hydrogens is 298 g/mol. The predicted octanol–water partition coefficient (Wildman–Crippen LogP) is 2.02. The van der Waals surface area contributed by atoms with E-state index in [2.05, 4.69) is 25.6 Å². The number of tetrazole rings is 1. The van der Waals surface area contributed by atoms with Gasteiger partial charge in [-0.2, -0.15) is 5.21 Å². The van der Waals surface area contributed by atoms with Gasteiger partial charge in [-0.15, -0.1) is 21.5 Å². The van der Waals surface area contributed by atoms with Crippen LogP contribution in [-0.2, 0) is 0 Å². The molecule has 0 aliphatic heterocycles. The first-order chi connectivity index (χ1) is 9.72. The fraction of sp³-hybridized carbons (Fsp3) is 0. The summed E-state index contributed by atoms with van der Waals surface area (Å²) >= 11 is 7.00. The van der Waals surface area contributed by atoms with Crippen LogP contribution in [0, 0.1) is 0 Å². The number of hydrogen-bond donors (Lipinski definition) is 1. The highest BCUT2D eigenvalue weighted by atomic mass is 35.5. The monoisotopic (exact) mass is 304 g/mol. The van der Waals surface area contributed by atoms with Crippen LogP contribution in [0.4, 0.5) is 5.69 Å². The molecule has 0 fully saturated rings. The Balaban J connectivity index is 1.93. The Labute approximate surface area is 122 Å². The Morgan fingerprint density at radius 3 is 2.90 bits per heavy atom. The molecule has 2 aromatic heterocycles.